The summed E-state index contributed by atoms with van der Waals surface area (Å²) in [6.45, 7) is 1.68. The number of nitrogens with zero attached hydrogens (tertiary/aromatic N) is 2. The van der Waals surface area contributed by atoms with Crippen molar-refractivity contribution < 1.29 is 14.1 Å². The molecule has 6 nitrogen and oxygen atoms in total. The van der Waals surface area contributed by atoms with Crippen LogP contribution in [0.5, 0.6) is 0 Å². The number of carbonyl (C=O) groups is 1. The first-order valence-corrected chi connectivity index (χ1v) is 9.57. The van der Waals surface area contributed by atoms with Crippen LogP contribution in [0.3, 0.4) is 0 Å². The van der Waals surface area contributed by atoms with E-state index in [9.17, 15) is 19.3 Å². The molecule has 1 saturated carbocycles. The fraction of sp³-hybridized carbons (Fsp3) is 0.200. The number of anilines is 1. The van der Waals surface area contributed by atoms with Crippen molar-refractivity contribution in [3.05, 3.63) is 74.9 Å². The predicted octanol–water partition coefficient (Wildman–Crippen LogP) is 4.91. The molecule has 0 aliphatic heterocycles. The molecule has 1 amide bonds. The molecule has 2 atom stereocenters. The van der Waals surface area contributed by atoms with Crippen LogP contribution in [0, 0.1) is 28.8 Å². The molecule has 1 aliphatic rings. The smallest absolute Gasteiger partial charge is 0.272 e. The summed E-state index contributed by atoms with van der Waals surface area (Å²) in [6, 6.07) is 11.2. The number of halogens is 1. The largest absolute Gasteiger partial charge is 0.302 e. The molecule has 0 spiro atoms. The molecule has 28 heavy (non-hydrogen) atoms. The molecule has 1 aliphatic carbocycles. The Morgan fingerprint density at radius 3 is 2.75 bits per heavy atom. The second kappa shape index (κ2) is 7.12. The first kappa shape index (κ1) is 18.2. The quantitative estimate of drug-likeness (QED) is 0.490. The molecule has 2 unspecified atom stereocenters. The lowest BCUT2D eigenvalue weighted by Crippen LogP contribution is -2.14. The van der Waals surface area contributed by atoms with Crippen LogP contribution in [0.25, 0.3) is 11.3 Å². The van der Waals surface area contributed by atoms with Gasteiger partial charge in [0.15, 0.2) is 5.13 Å². The highest BCUT2D eigenvalue weighted by Crippen LogP contribution is 2.48. The SMILES string of the molecule is Cc1ccc(-c2csc(NC(=O)C3CC3c3ccc(F)cc3)n2)cc1[N+](=O)[O-]. The Morgan fingerprint density at radius 1 is 1.29 bits per heavy atom. The molecule has 1 fully saturated rings. The van der Waals surface area contributed by atoms with Crippen molar-refractivity contribution in [3.8, 4) is 11.3 Å². The molecule has 0 bridgehead atoms. The van der Waals surface area contributed by atoms with Crippen LogP contribution in [0.2, 0.25) is 0 Å². The lowest BCUT2D eigenvalue weighted by Gasteiger charge is -2.02. The number of nitro benzene ring substituents is 1. The Labute approximate surface area is 164 Å². The molecule has 1 aromatic heterocycles. The molecule has 3 aromatic rings. The highest BCUT2D eigenvalue weighted by Gasteiger charge is 2.44. The zero-order valence-electron chi connectivity index (χ0n) is 14.9. The summed E-state index contributed by atoms with van der Waals surface area (Å²) in [5.41, 5.74) is 2.78. The average molecular weight is 397 g/mol. The van der Waals surface area contributed by atoms with Gasteiger partial charge in [0, 0.05) is 28.5 Å². The average Bonchev–Trinajstić information content (AvgIpc) is 3.34. The van der Waals surface area contributed by atoms with E-state index in [0.29, 0.717) is 22.0 Å². The van der Waals surface area contributed by atoms with Crippen molar-refractivity contribution >= 4 is 28.1 Å². The van der Waals surface area contributed by atoms with Crippen LogP contribution in [-0.2, 0) is 4.79 Å². The molecule has 1 N–H and O–H groups in total. The summed E-state index contributed by atoms with van der Waals surface area (Å²) in [4.78, 5) is 27.5. The van der Waals surface area contributed by atoms with E-state index in [2.05, 4.69) is 10.3 Å². The van der Waals surface area contributed by atoms with Gasteiger partial charge in [0.05, 0.1) is 10.6 Å². The molecule has 0 saturated heterocycles. The zero-order chi connectivity index (χ0) is 19.8. The number of hydrogen-bond acceptors (Lipinski definition) is 5. The number of amides is 1. The van der Waals surface area contributed by atoms with E-state index < -0.39 is 4.92 Å². The Kier molecular flexibility index (Phi) is 4.64. The standard InChI is InChI=1S/C20H16FN3O3S/c1-11-2-3-13(8-18(11)24(26)27)17-10-28-20(22-17)23-19(25)16-9-15(16)12-4-6-14(21)7-5-12/h2-8,10,15-16H,9H2,1H3,(H,22,23,25). The van der Waals surface area contributed by atoms with Crippen molar-refractivity contribution in [2.75, 3.05) is 5.32 Å². The van der Waals surface area contributed by atoms with E-state index in [4.69, 9.17) is 0 Å². The highest BCUT2D eigenvalue weighted by atomic mass is 32.1. The van der Waals surface area contributed by atoms with Gasteiger partial charge in [-0.1, -0.05) is 24.3 Å². The lowest BCUT2D eigenvalue weighted by molar-refractivity contribution is -0.385. The van der Waals surface area contributed by atoms with Crippen LogP contribution in [0.4, 0.5) is 15.2 Å². The second-order valence-electron chi connectivity index (χ2n) is 6.79. The Hall–Kier alpha value is -3.13. The molecule has 8 heteroatoms. The molecule has 0 radical (unpaired) electrons. The summed E-state index contributed by atoms with van der Waals surface area (Å²) >= 11 is 1.27. The maximum absolute atomic E-state index is 13.0. The topological polar surface area (TPSA) is 85.1 Å². The van der Waals surface area contributed by atoms with E-state index in [1.807, 2.05) is 0 Å². The number of hydrogen-bond donors (Lipinski definition) is 1. The van der Waals surface area contributed by atoms with Gasteiger partial charge in [-0.25, -0.2) is 9.37 Å². The maximum atomic E-state index is 13.0. The number of nitro groups is 1. The van der Waals surface area contributed by atoms with Crippen LogP contribution in [-0.4, -0.2) is 15.8 Å². The monoisotopic (exact) mass is 397 g/mol. The van der Waals surface area contributed by atoms with Gasteiger partial charge in [-0.15, -0.1) is 11.3 Å². The second-order valence-corrected chi connectivity index (χ2v) is 7.64. The minimum absolute atomic E-state index is 0.0382. The molecule has 4 rings (SSSR count). The van der Waals surface area contributed by atoms with Crippen molar-refractivity contribution in [2.24, 2.45) is 5.92 Å². The van der Waals surface area contributed by atoms with E-state index in [1.165, 1.54) is 29.5 Å². The van der Waals surface area contributed by atoms with Crippen molar-refractivity contribution in [2.45, 2.75) is 19.3 Å². The Morgan fingerprint density at radius 2 is 2.04 bits per heavy atom. The van der Waals surface area contributed by atoms with Crippen molar-refractivity contribution in [1.29, 1.82) is 0 Å². The number of aryl methyl sites for hydroxylation is 1. The van der Waals surface area contributed by atoms with E-state index in [1.54, 1.807) is 36.6 Å². The maximum Gasteiger partial charge on any atom is 0.272 e. The first-order valence-electron chi connectivity index (χ1n) is 8.69. The van der Waals surface area contributed by atoms with Gasteiger partial charge >= 0.3 is 0 Å². The number of benzene rings is 2. The first-order chi connectivity index (χ1) is 13.4. The number of carbonyl (C=O) groups excluding carboxylic acids is 1. The van der Waals surface area contributed by atoms with E-state index in [0.717, 1.165) is 12.0 Å². The molecule has 1 heterocycles. The zero-order valence-corrected chi connectivity index (χ0v) is 15.7. The third-order valence-electron chi connectivity index (χ3n) is 4.86. The van der Waals surface area contributed by atoms with Gasteiger partial charge in [-0.3, -0.25) is 14.9 Å². The number of thiazole rings is 1. The van der Waals surface area contributed by atoms with E-state index in [-0.39, 0.29) is 29.2 Å². The van der Waals surface area contributed by atoms with E-state index >= 15 is 0 Å². The van der Waals surface area contributed by atoms with Crippen molar-refractivity contribution in [1.82, 2.24) is 4.98 Å². The lowest BCUT2D eigenvalue weighted by atomic mass is 10.1. The fourth-order valence-electron chi connectivity index (χ4n) is 3.19. The number of aromatic nitrogens is 1. The van der Waals surface area contributed by atoms with Crippen LogP contribution < -0.4 is 5.32 Å². The van der Waals surface area contributed by atoms with Crippen molar-refractivity contribution in [3.63, 3.8) is 0 Å². The van der Waals surface area contributed by atoms with Crippen LogP contribution >= 0.6 is 11.3 Å². The minimum Gasteiger partial charge on any atom is -0.302 e. The minimum atomic E-state index is -0.420. The molecular weight excluding hydrogens is 381 g/mol. The number of rotatable bonds is 5. The van der Waals surface area contributed by atoms with Gasteiger partial charge < -0.3 is 5.32 Å². The van der Waals surface area contributed by atoms with Crippen LogP contribution in [0.1, 0.15) is 23.5 Å². The third-order valence-corrected chi connectivity index (χ3v) is 5.62. The molecule has 142 valence electrons. The van der Waals surface area contributed by atoms with Gasteiger partial charge in [0.1, 0.15) is 5.82 Å². The van der Waals surface area contributed by atoms with Gasteiger partial charge in [0.25, 0.3) is 5.69 Å². The summed E-state index contributed by atoms with van der Waals surface area (Å²) in [5.74, 6) is -0.472. The van der Waals surface area contributed by atoms with Gasteiger partial charge in [-0.05, 0) is 37.0 Å². The normalized spacial score (nSPS) is 17.9. The summed E-state index contributed by atoms with van der Waals surface area (Å²) in [5, 5.41) is 16.1. The summed E-state index contributed by atoms with van der Waals surface area (Å²) in [7, 11) is 0. The fourth-order valence-corrected chi connectivity index (χ4v) is 3.91. The van der Waals surface area contributed by atoms with Crippen LogP contribution in [0.15, 0.2) is 47.8 Å². The number of nitrogens with one attached hydrogen (secondary N) is 1. The highest BCUT2D eigenvalue weighted by molar-refractivity contribution is 7.14. The summed E-state index contributed by atoms with van der Waals surface area (Å²) < 4.78 is 13.0. The Balaban J connectivity index is 1.44. The molecular formula is C20H16FN3O3S. The molecule has 2 aromatic carbocycles. The Bertz CT molecular complexity index is 1060. The third kappa shape index (κ3) is 3.63. The summed E-state index contributed by atoms with van der Waals surface area (Å²) in [6.07, 6.45) is 0.722. The van der Waals surface area contributed by atoms with Gasteiger partial charge in [-0.2, -0.15) is 0 Å². The predicted molar refractivity (Wildman–Crippen MR) is 105 cm³/mol. The van der Waals surface area contributed by atoms with Gasteiger partial charge in [0.2, 0.25) is 5.91 Å².